The van der Waals surface area contributed by atoms with Crippen molar-refractivity contribution in [3.63, 3.8) is 0 Å². The summed E-state index contributed by atoms with van der Waals surface area (Å²) in [5.74, 6) is 0. The van der Waals surface area contributed by atoms with E-state index in [2.05, 4.69) is 18.4 Å². The van der Waals surface area contributed by atoms with Gasteiger partial charge in [-0.25, -0.2) is 0 Å². The van der Waals surface area contributed by atoms with Crippen molar-refractivity contribution < 1.29 is 9.84 Å². The van der Waals surface area contributed by atoms with Crippen molar-refractivity contribution in [1.29, 1.82) is 0 Å². The molecule has 1 saturated heterocycles. The van der Waals surface area contributed by atoms with Crippen LogP contribution in [0.15, 0.2) is 12.2 Å². The third-order valence-electron chi connectivity index (χ3n) is 2.46. The fourth-order valence-electron chi connectivity index (χ4n) is 1.71. The monoisotopic (exact) mass is 185 g/mol. The summed E-state index contributed by atoms with van der Waals surface area (Å²) in [6, 6.07) is 0.103. The topological polar surface area (TPSA) is 32.7 Å². The van der Waals surface area contributed by atoms with Crippen molar-refractivity contribution in [2.75, 3.05) is 26.3 Å². The normalized spacial score (nSPS) is 27.2. The number of aliphatic hydroxyl groups excluding tert-OH is 1. The molecule has 3 nitrogen and oxygen atoms in total. The van der Waals surface area contributed by atoms with E-state index in [0.717, 1.165) is 25.3 Å². The zero-order valence-corrected chi connectivity index (χ0v) is 8.49. The van der Waals surface area contributed by atoms with Crippen LogP contribution in [0.5, 0.6) is 0 Å². The minimum Gasteiger partial charge on any atom is -0.394 e. The predicted octanol–water partition coefficient (Wildman–Crippen LogP) is 0.644. The molecule has 1 N–H and O–H groups in total. The van der Waals surface area contributed by atoms with E-state index in [-0.39, 0.29) is 18.8 Å². The Bertz CT molecular complexity index is 182. The summed E-state index contributed by atoms with van der Waals surface area (Å²) < 4.78 is 5.43. The summed E-state index contributed by atoms with van der Waals surface area (Å²) >= 11 is 0. The van der Waals surface area contributed by atoms with Crippen LogP contribution >= 0.6 is 0 Å². The van der Waals surface area contributed by atoms with Crippen LogP contribution in [0, 0.1) is 0 Å². The van der Waals surface area contributed by atoms with Crippen LogP contribution in [0.2, 0.25) is 0 Å². The maximum Gasteiger partial charge on any atom is 0.0674 e. The molecular weight excluding hydrogens is 166 g/mol. The highest BCUT2D eigenvalue weighted by molar-refractivity contribution is 5.03. The molecular formula is C10H19NO2. The molecule has 13 heavy (non-hydrogen) atoms. The smallest absolute Gasteiger partial charge is 0.0674 e. The fraction of sp³-hybridized carbons (Fsp3) is 0.800. The number of ether oxygens (including phenoxy) is 1. The summed E-state index contributed by atoms with van der Waals surface area (Å²) in [4.78, 5) is 2.23. The molecule has 3 heteroatoms. The Kier molecular flexibility index (Phi) is 3.90. The number of hydrogen-bond donors (Lipinski definition) is 1. The van der Waals surface area contributed by atoms with Gasteiger partial charge >= 0.3 is 0 Å². The van der Waals surface area contributed by atoms with Gasteiger partial charge in [-0.1, -0.05) is 12.2 Å². The van der Waals surface area contributed by atoms with E-state index in [4.69, 9.17) is 4.74 Å². The lowest BCUT2D eigenvalue weighted by Gasteiger charge is -2.36. The van der Waals surface area contributed by atoms with Gasteiger partial charge in [-0.2, -0.15) is 0 Å². The molecule has 0 spiro atoms. The Morgan fingerprint density at radius 2 is 2.46 bits per heavy atom. The first kappa shape index (κ1) is 10.7. The molecule has 1 aliphatic rings. The summed E-state index contributed by atoms with van der Waals surface area (Å²) in [6.07, 6.45) is 0.266. The van der Waals surface area contributed by atoms with Crippen molar-refractivity contribution in [1.82, 2.24) is 4.90 Å². The number of hydrogen-bond acceptors (Lipinski definition) is 3. The zero-order chi connectivity index (χ0) is 9.84. The van der Waals surface area contributed by atoms with E-state index in [1.165, 1.54) is 0 Å². The Morgan fingerprint density at radius 1 is 1.77 bits per heavy atom. The highest BCUT2D eigenvalue weighted by atomic mass is 16.5. The maximum absolute atomic E-state index is 9.19. The van der Waals surface area contributed by atoms with E-state index >= 15 is 0 Å². The molecule has 0 amide bonds. The minimum absolute atomic E-state index is 0.103. The molecule has 0 bridgehead atoms. The van der Waals surface area contributed by atoms with Gasteiger partial charge in [0.25, 0.3) is 0 Å². The number of rotatable bonds is 3. The summed E-state index contributed by atoms with van der Waals surface area (Å²) in [5, 5.41) is 9.19. The SMILES string of the molecule is C=C(C)C(CO)N1CCO[C@H](C)C1. The van der Waals surface area contributed by atoms with E-state index < -0.39 is 0 Å². The van der Waals surface area contributed by atoms with Crippen LogP contribution < -0.4 is 0 Å². The van der Waals surface area contributed by atoms with Crippen LogP contribution in [0.25, 0.3) is 0 Å². The Morgan fingerprint density at radius 3 is 2.92 bits per heavy atom. The van der Waals surface area contributed by atoms with Gasteiger partial charge < -0.3 is 9.84 Å². The second kappa shape index (κ2) is 4.74. The van der Waals surface area contributed by atoms with Gasteiger partial charge in [0, 0.05) is 13.1 Å². The van der Waals surface area contributed by atoms with Crippen LogP contribution in [-0.4, -0.2) is 48.5 Å². The molecule has 0 aliphatic carbocycles. The molecule has 0 saturated carbocycles. The molecule has 2 atom stereocenters. The summed E-state index contributed by atoms with van der Waals surface area (Å²) in [6.45, 7) is 10.6. The number of aliphatic hydroxyl groups is 1. The first-order valence-electron chi connectivity index (χ1n) is 4.77. The van der Waals surface area contributed by atoms with Gasteiger partial charge in [0.05, 0.1) is 25.4 Å². The average Bonchev–Trinajstić information content (AvgIpc) is 2.04. The fourth-order valence-corrected chi connectivity index (χ4v) is 1.71. The van der Waals surface area contributed by atoms with Gasteiger partial charge in [0.2, 0.25) is 0 Å². The van der Waals surface area contributed by atoms with Gasteiger partial charge in [-0.15, -0.1) is 0 Å². The van der Waals surface area contributed by atoms with Crippen LogP contribution in [0.3, 0.4) is 0 Å². The Balaban J connectivity index is 2.52. The molecule has 76 valence electrons. The van der Waals surface area contributed by atoms with Gasteiger partial charge in [0.1, 0.15) is 0 Å². The lowest BCUT2D eigenvalue weighted by molar-refractivity contribution is -0.0357. The highest BCUT2D eigenvalue weighted by Crippen LogP contribution is 2.13. The van der Waals surface area contributed by atoms with Crippen molar-refractivity contribution in [2.24, 2.45) is 0 Å². The summed E-state index contributed by atoms with van der Waals surface area (Å²) in [5.41, 5.74) is 1.02. The van der Waals surface area contributed by atoms with Crippen LogP contribution in [-0.2, 0) is 4.74 Å². The van der Waals surface area contributed by atoms with E-state index in [1.54, 1.807) is 0 Å². The van der Waals surface area contributed by atoms with Crippen molar-refractivity contribution in [3.8, 4) is 0 Å². The molecule has 1 fully saturated rings. The maximum atomic E-state index is 9.19. The van der Waals surface area contributed by atoms with E-state index in [1.807, 2.05) is 6.92 Å². The third kappa shape index (κ3) is 2.79. The van der Waals surface area contributed by atoms with Crippen molar-refractivity contribution in [2.45, 2.75) is 26.0 Å². The zero-order valence-electron chi connectivity index (χ0n) is 8.49. The first-order chi connectivity index (χ1) is 6.15. The van der Waals surface area contributed by atoms with Gasteiger partial charge in [-0.3, -0.25) is 4.90 Å². The minimum atomic E-state index is 0.103. The standard InChI is InChI=1S/C10H19NO2/c1-8(2)10(7-12)11-4-5-13-9(3)6-11/h9-10,12H,1,4-7H2,2-3H3/t9-,10?/m1/s1. The highest BCUT2D eigenvalue weighted by Gasteiger charge is 2.23. The molecule has 1 rings (SSSR count). The summed E-state index contributed by atoms with van der Waals surface area (Å²) in [7, 11) is 0. The van der Waals surface area contributed by atoms with Gasteiger partial charge in [0.15, 0.2) is 0 Å². The molecule has 0 aromatic rings. The molecule has 0 radical (unpaired) electrons. The lowest BCUT2D eigenvalue weighted by atomic mass is 10.1. The molecule has 1 aliphatic heterocycles. The Labute approximate surface area is 80.0 Å². The second-order valence-corrected chi connectivity index (χ2v) is 3.72. The van der Waals surface area contributed by atoms with Crippen molar-refractivity contribution >= 4 is 0 Å². The molecule has 0 aromatic carbocycles. The average molecular weight is 185 g/mol. The largest absolute Gasteiger partial charge is 0.394 e. The van der Waals surface area contributed by atoms with Crippen molar-refractivity contribution in [3.05, 3.63) is 12.2 Å². The third-order valence-corrected chi connectivity index (χ3v) is 2.46. The van der Waals surface area contributed by atoms with E-state index in [9.17, 15) is 5.11 Å². The van der Waals surface area contributed by atoms with Crippen LogP contribution in [0.4, 0.5) is 0 Å². The second-order valence-electron chi connectivity index (χ2n) is 3.72. The lowest BCUT2D eigenvalue weighted by Crippen LogP contribution is -2.48. The molecule has 1 unspecified atom stereocenters. The quantitative estimate of drug-likeness (QED) is 0.655. The number of nitrogens with zero attached hydrogens (tertiary/aromatic N) is 1. The molecule has 0 aromatic heterocycles. The molecule has 1 heterocycles. The van der Waals surface area contributed by atoms with Crippen LogP contribution in [0.1, 0.15) is 13.8 Å². The number of morpholine rings is 1. The van der Waals surface area contributed by atoms with Gasteiger partial charge in [-0.05, 0) is 13.8 Å². The Hall–Kier alpha value is -0.380. The first-order valence-corrected chi connectivity index (χ1v) is 4.77. The van der Waals surface area contributed by atoms with E-state index in [0.29, 0.717) is 0 Å². The predicted molar refractivity (Wildman–Crippen MR) is 52.7 cm³/mol.